The minimum absolute atomic E-state index is 0.254. The van der Waals surface area contributed by atoms with Crippen LogP contribution >= 0.6 is 0 Å². The molecule has 0 radical (unpaired) electrons. The van der Waals surface area contributed by atoms with E-state index in [2.05, 4.69) is 0 Å². The van der Waals surface area contributed by atoms with Crippen molar-refractivity contribution in [3.05, 3.63) is 54.6 Å². The number of carbonyl (C=O) groups excluding carboxylic acids is 2. The van der Waals surface area contributed by atoms with Crippen LogP contribution in [0.25, 0.3) is 10.8 Å². The van der Waals surface area contributed by atoms with E-state index < -0.39 is 11.9 Å². The molecule has 6 nitrogen and oxygen atoms in total. The lowest BCUT2D eigenvalue weighted by molar-refractivity contribution is -0.133. The second-order valence-electron chi connectivity index (χ2n) is 5.71. The Labute approximate surface area is 156 Å². The first kappa shape index (κ1) is 18.3. The maximum atomic E-state index is 11.6. The molecule has 0 heterocycles. The molecule has 0 aromatic heterocycles. The van der Waals surface area contributed by atoms with Gasteiger partial charge in [-0.25, -0.2) is 0 Å². The molecule has 3 aromatic rings. The SMILES string of the molecule is COc1ccc(Oc2cc(OC(C)=O)c3ccccc3c2OC(C)=O)cc1. The monoisotopic (exact) mass is 366 g/mol. The maximum Gasteiger partial charge on any atom is 0.308 e. The Morgan fingerprint density at radius 3 is 1.93 bits per heavy atom. The first-order valence-electron chi connectivity index (χ1n) is 8.22. The Kier molecular flexibility index (Phi) is 5.26. The largest absolute Gasteiger partial charge is 0.497 e. The van der Waals surface area contributed by atoms with Gasteiger partial charge in [-0.3, -0.25) is 9.59 Å². The van der Waals surface area contributed by atoms with Crippen LogP contribution in [0.1, 0.15) is 13.8 Å². The van der Waals surface area contributed by atoms with E-state index in [1.807, 2.05) is 0 Å². The molecule has 0 aliphatic heterocycles. The van der Waals surface area contributed by atoms with Crippen LogP contribution in [0.3, 0.4) is 0 Å². The molecule has 3 rings (SSSR count). The van der Waals surface area contributed by atoms with Crippen molar-refractivity contribution in [2.24, 2.45) is 0 Å². The Balaban J connectivity index is 2.15. The summed E-state index contributed by atoms with van der Waals surface area (Å²) >= 11 is 0. The van der Waals surface area contributed by atoms with Gasteiger partial charge in [0.15, 0.2) is 11.5 Å². The average molecular weight is 366 g/mol. The van der Waals surface area contributed by atoms with Crippen molar-refractivity contribution in [1.29, 1.82) is 0 Å². The van der Waals surface area contributed by atoms with Crippen molar-refractivity contribution in [1.82, 2.24) is 0 Å². The lowest BCUT2D eigenvalue weighted by atomic mass is 10.1. The molecule has 0 aliphatic rings. The van der Waals surface area contributed by atoms with Crippen molar-refractivity contribution in [2.75, 3.05) is 7.11 Å². The summed E-state index contributed by atoms with van der Waals surface area (Å²) in [7, 11) is 1.57. The minimum atomic E-state index is -0.486. The highest BCUT2D eigenvalue weighted by Gasteiger charge is 2.18. The van der Waals surface area contributed by atoms with E-state index in [-0.39, 0.29) is 11.5 Å². The number of carbonyl (C=O) groups is 2. The van der Waals surface area contributed by atoms with E-state index in [0.29, 0.717) is 28.0 Å². The van der Waals surface area contributed by atoms with Gasteiger partial charge in [0.25, 0.3) is 0 Å². The van der Waals surface area contributed by atoms with E-state index in [9.17, 15) is 9.59 Å². The van der Waals surface area contributed by atoms with Crippen LogP contribution in [0.15, 0.2) is 54.6 Å². The fraction of sp³-hybridized carbons (Fsp3) is 0.143. The zero-order valence-electron chi connectivity index (χ0n) is 15.1. The summed E-state index contributed by atoms with van der Waals surface area (Å²) in [6.07, 6.45) is 0. The van der Waals surface area contributed by atoms with Gasteiger partial charge in [-0.15, -0.1) is 0 Å². The number of benzene rings is 3. The van der Waals surface area contributed by atoms with Gasteiger partial charge >= 0.3 is 11.9 Å². The van der Waals surface area contributed by atoms with Gasteiger partial charge < -0.3 is 18.9 Å². The smallest absolute Gasteiger partial charge is 0.308 e. The molecule has 0 saturated heterocycles. The zero-order chi connectivity index (χ0) is 19.4. The molecular formula is C21H18O6. The normalized spacial score (nSPS) is 10.3. The fourth-order valence-electron chi connectivity index (χ4n) is 2.63. The highest BCUT2D eigenvalue weighted by Crippen LogP contribution is 2.43. The highest BCUT2D eigenvalue weighted by atomic mass is 16.6. The molecule has 138 valence electrons. The van der Waals surface area contributed by atoms with E-state index >= 15 is 0 Å². The fourth-order valence-corrected chi connectivity index (χ4v) is 2.63. The first-order valence-corrected chi connectivity index (χ1v) is 8.22. The van der Waals surface area contributed by atoms with Gasteiger partial charge in [-0.2, -0.15) is 0 Å². The lowest BCUT2D eigenvalue weighted by Gasteiger charge is -2.16. The molecule has 0 aliphatic carbocycles. The van der Waals surface area contributed by atoms with Crippen LogP contribution in [0.2, 0.25) is 0 Å². The van der Waals surface area contributed by atoms with Crippen molar-refractivity contribution in [2.45, 2.75) is 13.8 Å². The summed E-state index contributed by atoms with van der Waals surface area (Å²) in [5.74, 6) is 1.07. The standard InChI is InChI=1S/C21H18O6/c1-13(22)25-19-12-20(27-16-10-8-15(24-3)9-11-16)21(26-14(2)23)18-7-5-4-6-17(18)19/h4-12H,1-3H3. The van der Waals surface area contributed by atoms with Gasteiger partial charge in [0.1, 0.15) is 17.2 Å². The molecule has 0 unspecified atom stereocenters. The molecule has 0 atom stereocenters. The average Bonchev–Trinajstić information content (AvgIpc) is 2.64. The summed E-state index contributed by atoms with van der Waals surface area (Å²) in [6, 6.07) is 15.6. The molecule has 0 saturated carbocycles. The molecule has 6 heteroatoms. The maximum absolute atomic E-state index is 11.6. The molecule has 27 heavy (non-hydrogen) atoms. The summed E-state index contributed by atoms with van der Waals surface area (Å²) in [4.78, 5) is 23.1. The van der Waals surface area contributed by atoms with Crippen molar-refractivity contribution in [3.63, 3.8) is 0 Å². The van der Waals surface area contributed by atoms with Crippen LogP contribution in [-0.2, 0) is 9.59 Å². The third kappa shape index (κ3) is 4.17. The van der Waals surface area contributed by atoms with Gasteiger partial charge in [0, 0.05) is 30.7 Å². The van der Waals surface area contributed by atoms with E-state index in [0.717, 1.165) is 0 Å². The number of rotatable bonds is 5. The van der Waals surface area contributed by atoms with Gasteiger partial charge in [0.05, 0.1) is 7.11 Å². The molecule has 3 aromatic carbocycles. The second-order valence-corrected chi connectivity index (χ2v) is 5.71. The predicted octanol–water partition coefficient (Wildman–Crippen LogP) is 4.49. The number of hydrogen-bond acceptors (Lipinski definition) is 6. The zero-order valence-corrected chi connectivity index (χ0v) is 15.1. The number of hydrogen-bond donors (Lipinski definition) is 0. The number of methoxy groups -OCH3 is 1. The van der Waals surface area contributed by atoms with Crippen molar-refractivity contribution < 1.29 is 28.5 Å². The van der Waals surface area contributed by atoms with Gasteiger partial charge in [-0.1, -0.05) is 24.3 Å². The Hall–Kier alpha value is -3.54. The summed E-state index contributed by atoms with van der Waals surface area (Å²) in [5.41, 5.74) is 0. The number of ether oxygens (including phenoxy) is 4. The molecule has 0 N–H and O–H groups in total. The lowest BCUT2D eigenvalue weighted by Crippen LogP contribution is -2.06. The van der Waals surface area contributed by atoms with Crippen LogP contribution < -0.4 is 18.9 Å². The molecule has 0 fully saturated rings. The van der Waals surface area contributed by atoms with Crippen molar-refractivity contribution >= 4 is 22.7 Å². The summed E-state index contributed by atoms with van der Waals surface area (Å²) in [5, 5.41) is 1.22. The predicted molar refractivity (Wildman–Crippen MR) is 99.6 cm³/mol. The Morgan fingerprint density at radius 1 is 0.741 bits per heavy atom. The Morgan fingerprint density at radius 2 is 1.33 bits per heavy atom. The van der Waals surface area contributed by atoms with E-state index in [1.54, 1.807) is 55.6 Å². The van der Waals surface area contributed by atoms with Crippen LogP contribution in [0.4, 0.5) is 0 Å². The van der Waals surface area contributed by atoms with E-state index in [1.165, 1.54) is 19.9 Å². The van der Waals surface area contributed by atoms with Crippen molar-refractivity contribution in [3.8, 4) is 28.7 Å². The summed E-state index contributed by atoms with van der Waals surface area (Å²) < 4.78 is 21.8. The molecule has 0 bridgehead atoms. The van der Waals surface area contributed by atoms with Gasteiger partial charge in [-0.05, 0) is 24.3 Å². The third-order valence-corrected chi connectivity index (χ3v) is 3.71. The van der Waals surface area contributed by atoms with E-state index in [4.69, 9.17) is 18.9 Å². The third-order valence-electron chi connectivity index (χ3n) is 3.71. The number of fused-ring (bicyclic) bond motifs is 1. The van der Waals surface area contributed by atoms with Crippen LogP contribution in [0, 0.1) is 0 Å². The summed E-state index contributed by atoms with van der Waals surface area (Å²) in [6.45, 7) is 2.63. The molecular weight excluding hydrogens is 348 g/mol. The second kappa shape index (κ2) is 7.78. The van der Waals surface area contributed by atoms with Crippen LogP contribution in [-0.4, -0.2) is 19.0 Å². The topological polar surface area (TPSA) is 71.1 Å². The quantitative estimate of drug-likeness (QED) is 0.489. The number of esters is 2. The minimum Gasteiger partial charge on any atom is -0.497 e. The first-order chi connectivity index (χ1) is 13.0. The Bertz CT molecular complexity index is 991. The van der Waals surface area contributed by atoms with Crippen LogP contribution in [0.5, 0.6) is 28.7 Å². The van der Waals surface area contributed by atoms with Gasteiger partial charge in [0.2, 0.25) is 0 Å². The molecule has 0 spiro atoms. The molecule has 0 amide bonds. The highest BCUT2D eigenvalue weighted by molar-refractivity contribution is 5.98.